The van der Waals surface area contributed by atoms with E-state index in [1.807, 2.05) is 0 Å². The summed E-state index contributed by atoms with van der Waals surface area (Å²) in [5.74, 6) is -0.471. The molecule has 0 radical (unpaired) electrons. The van der Waals surface area contributed by atoms with Gasteiger partial charge in [0.25, 0.3) is 5.69 Å². The van der Waals surface area contributed by atoms with Gasteiger partial charge < -0.3 is 4.74 Å². The first-order valence-electron chi connectivity index (χ1n) is 6.22. The molecule has 0 heterocycles. The zero-order chi connectivity index (χ0) is 16.4. The molecular weight excluding hydrogens is 329 g/mol. The molecule has 0 N–H and O–H groups in total. The smallest absolute Gasteiger partial charge is 0.345 e. The van der Waals surface area contributed by atoms with Crippen LogP contribution in [0.2, 0.25) is 10.0 Å². The normalized spacial score (nSPS) is 10.4. The van der Waals surface area contributed by atoms with Gasteiger partial charge >= 0.3 is 5.97 Å². The average molecular weight is 340 g/mol. The van der Waals surface area contributed by atoms with Crippen molar-refractivity contribution in [3.63, 3.8) is 0 Å². The molecule has 5 nitrogen and oxygen atoms in total. The number of halogens is 2. The topological polar surface area (TPSA) is 69.4 Å². The van der Waals surface area contributed by atoms with Crippen LogP contribution < -0.4 is 4.74 Å². The molecule has 0 bridgehead atoms. The Morgan fingerprint density at radius 2 is 1.73 bits per heavy atom. The maximum absolute atomic E-state index is 12.2. The third kappa shape index (κ3) is 3.37. The molecule has 0 amide bonds. The molecule has 0 fully saturated rings. The summed E-state index contributed by atoms with van der Waals surface area (Å²) in [4.78, 5) is 22.3. The third-order valence-corrected chi connectivity index (χ3v) is 3.93. The minimum atomic E-state index is -0.769. The molecule has 0 aliphatic heterocycles. The molecule has 0 unspecified atom stereocenters. The van der Waals surface area contributed by atoms with Gasteiger partial charge in [-0.05, 0) is 43.2 Å². The molecule has 0 aliphatic rings. The van der Waals surface area contributed by atoms with Crippen molar-refractivity contribution in [1.29, 1.82) is 0 Å². The Balaban J connectivity index is 2.33. The molecule has 0 spiro atoms. The molecule has 22 heavy (non-hydrogen) atoms. The molecule has 0 saturated carbocycles. The molecule has 2 rings (SSSR count). The number of hydrogen-bond donors (Lipinski definition) is 0. The third-order valence-electron chi connectivity index (χ3n) is 3.00. The number of non-ortho nitro benzene ring substituents is 1. The zero-order valence-corrected chi connectivity index (χ0v) is 13.2. The summed E-state index contributed by atoms with van der Waals surface area (Å²) in [6, 6.07) is 6.81. The van der Waals surface area contributed by atoms with E-state index in [0.717, 1.165) is 17.2 Å². The number of rotatable bonds is 3. The van der Waals surface area contributed by atoms with E-state index < -0.39 is 10.9 Å². The average Bonchev–Trinajstić information content (AvgIpc) is 2.44. The lowest BCUT2D eigenvalue weighted by Gasteiger charge is -2.09. The summed E-state index contributed by atoms with van der Waals surface area (Å²) in [6.07, 6.45) is 0. The van der Waals surface area contributed by atoms with Crippen LogP contribution in [0, 0.1) is 24.0 Å². The Morgan fingerprint density at radius 3 is 2.27 bits per heavy atom. The van der Waals surface area contributed by atoms with Gasteiger partial charge in [-0.2, -0.15) is 0 Å². The highest BCUT2D eigenvalue weighted by molar-refractivity contribution is 6.33. The van der Waals surface area contributed by atoms with E-state index in [4.69, 9.17) is 27.9 Å². The van der Waals surface area contributed by atoms with Gasteiger partial charge in [0.2, 0.25) is 0 Å². The van der Waals surface area contributed by atoms with Crippen LogP contribution in [0.5, 0.6) is 5.75 Å². The van der Waals surface area contributed by atoms with Crippen molar-refractivity contribution in [2.45, 2.75) is 13.8 Å². The van der Waals surface area contributed by atoms with Crippen molar-refractivity contribution in [1.82, 2.24) is 0 Å². The molecular formula is C15H11Cl2NO4. The van der Waals surface area contributed by atoms with E-state index in [1.54, 1.807) is 26.0 Å². The Bertz CT molecular complexity index is 751. The molecule has 7 heteroatoms. The fraction of sp³-hybridized carbons (Fsp3) is 0.133. The van der Waals surface area contributed by atoms with E-state index in [0.29, 0.717) is 10.8 Å². The Hall–Kier alpha value is -2.11. The number of nitro benzene ring substituents is 1. The molecule has 2 aromatic rings. The highest BCUT2D eigenvalue weighted by atomic mass is 35.5. The van der Waals surface area contributed by atoms with Gasteiger partial charge in [0.15, 0.2) is 0 Å². The standard InChI is InChI=1S/C15H11Cl2NO4/c1-8-5-11(6-9(2)14(8)17)22-15(19)12-7-10(18(20)21)3-4-13(12)16/h3-7H,1-2H3. The van der Waals surface area contributed by atoms with Crippen LogP contribution in [-0.2, 0) is 0 Å². The lowest BCUT2D eigenvalue weighted by atomic mass is 10.1. The SMILES string of the molecule is Cc1cc(OC(=O)c2cc([N+](=O)[O-])ccc2Cl)cc(C)c1Cl. The van der Waals surface area contributed by atoms with Gasteiger partial charge in [-0.25, -0.2) is 4.79 Å². The summed E-state index contributed by atoms with van der Waals surface area (Å²) in [6.45, 7) is 3.57. The number of hydrogen-bond acceptors (Lipinski definition) is 4. The number of carbonyl (C=O) groups is 1. The van der Waals surface area contributed by atoms with E-state index >= 15 is 0 Å². The van der Waals surface area contributed by atoms with Crippen molar-refractivity contribution in [2.75, 3.05) is 0 Å². The van der Waals surface area contributed by atoms with Crippen LogP contribution in [0.15, 0.2) is 30.3 Å². The minimum absolute atomic E-state index is 0.0684. The van der Waals surface area contributed by atoms with Crippen LogP contribution in [0.25, 0.3) is 0 Å². The predicted octanol–water partition coefficient (Wildman–Crippen LogP) is 4.74. The minimum Gasteiger partial charge on any atom is -0.423 e. The molecule has 114 valence electrons. The fourth-order valence-electron chi connectivity index (χ4n) is 1.91. The quantitative estimate of drug-likeness (QED) is 0.350. The maximum Gasteiger partial charge on any atom is 0.345 e. The van der Waals surface area contributed by atoms with Gasteiger partial charge in [0.1, 0.15) is 5.75 Å². The van der Waals surface area contributed by atoms with E-state index in [9.17, 15) is 14.9 Å². The van der Waals surface area contributed by atoms with Crippen molar-refractivity contribution in [2.24, 2.45) is 0 Å². The van der Waals surface area contributed by atoms with E-state index in [1.165, 1.54) is 12.1 Å². The Kier molecular flexibility index (Phi) is 4.68. The number of nitrogens with zero attached hydrogens (tertiary/aromatic N) is 1. The van der Waals surface area contributed by atoms with Gasteiger partial charge in [-0.15, -0.1) is 0 Å². The highest BCUT2D eigenvalue weighted by Gasteiger charge is 2.18. The van der Waals surface area contributed by atoms with Crippen LogP contribution >= 0.6 is 23.2 Å². The monoisotopic (exact) mass is 339 g/mol. The summed E-state index contributed by atoms with van der Waals surface area (Å²) < 4.78 is 5.23. The van der Waals surface area contributed by atoms with Crippen molar-refractivity contribution >= 4 is 34.9 Å². The second kappa shape index (κ2) is 6.34. The van der Waals surface area contributed by atoms with Gasteiger partial charge in [-0.1, -0.05) is 23.2 Å². The van der Waals surface area contributed by atoms with Crippen LogP contribution in [-0.4, -0.2) is 10.9 Å². The molecule has 0 aliphatic carbocycles. The highest BCUT2D eigenvalue weighted by Crippen LogP contribution is 2.28. The number of aryl methyl sites for hydroxylation is 2. The van der Waals surface area contributed by atoms with Crippen LogP contribution in [0.3, 0.4) is 0 Å². The number of nitro groups is 1. The number of carbonyl (C=O) groups excluding carboxylic acids is 1. The number of esters is 1. The van der Waals surface area contributed by atoms with Crippen LogP contribution in [0.1, 0.15) is 21.5 Å². The number of benzene rings is 2. The van der Waals surface area contributed by atoms with E-state index in [-0.39, 0.29) is 16.3 Å². The molecule has 0 saturated heterocycles. The molecule has 2 aromatic carbocycles. The van der Waals surface area contributed by atoms with Gasteiger partial charge in [0, 0.05) is 17.2 Å². The lowest BCUT2D eigenvalue weighted by molar-refractivity contribution is -0.384. The molecule has 0 aromatic heterocycles. The first-order chi connectivity index (χ1) is 10.3. The summed E-state index contributed by atoms with van der Waals surface area (Å²) in [5, 5.41) is 11.4. The first-order valence-corrected chi connectivity index (χ1v) is 6.98. The van der Waals surface area contributed by atoms with Crippen molar-refractivity contribution in [3.8, 4) is 5.75 Å². The summed E-state index contributed by atoms with van der Waals surface area (Å²) in [5.41, 5.74) is 1.21. The zero-order valence-electron chi connectivity index (χ0n) is 11.7. The second-order valence-electron chi connectivity index (χ2n) is 4.68. The van der Waals surface area contributed by atoms with Crippen molar-refractivity contribution < 1.29 is 14.5 Å². The number of ether oxygens (including phenoxy) is 1. The fourth-order valence-corrected chi connectivity index (χ4v) is 2.21. The second-order valence-corrected chi connectivity index (χ2v) is 5.47. The van der Waals surface area contributed by atoms with Crippen LogP contribution in [0.4, 0.5) is 5.69 Å². The lowest BCUT2D eigenvalue weighted by Crippen LogP contribution is -2.10. The first kappa shape index (κ1) is 16.3. The Morgan fingerprint density at radius 1 is 1.14 bits per heavy atom. The summed E-state index contributed by atoms with van der Waals surface area (Å²) >= 11 is 12.0. The van der Waals surface area contributed by atoms with Gasteiger partial charge in [-0.3, -0.25) is 10.1 Å². The largest absolute Gasteiger partial charge is 0.423 e. The maximum atomic E-state index is 12.2. The summed E-state index contributed by atoms with van der Waals surface area (Å²) in [7, 11) is 0. The van der Waals surface area contributed by atoms with E-state index in [2.05, 4.69) is 0 Å². The van der Waals surface area contributed by atoms with Crippen molar-refractivity contribution in [3.05, 3.63) is 67.2 Å². The Labute approximate surface area is 136 Å². The molecule has 0 atom stereocenters. The predicted molar refractivity (Wildman–Crippen MR) is 84.0 cm³/mol. The van der Waals surface area contributed by atoms with Gasteiger partial charge in [0.05, 0.1) is 15.5 Å².